The summed E-state index contributed by atoms with van der Waals surface area (Å²) in [6.07, 6.45) is 0. The van der Waals surface area contributed by atoms with Crippen LogP contribution in [0.3, 0.4) is 0 Å². The van der Waals surface area contributed by atoms with E-state index in [4.69, 9.17) is 4.74 Å². The smallest absolute Gasteiger partial charge is 0.320 e. The second-order valence-corrected chi connectivity index (χ2v) is 3.34. The predicted molar refractivity (Wildman–Crippen MR) is 60.7 cm³/mol. The molecular weight excluding hydrogens is 226 g/mol. The first-order valence-electron chi connectivity index (χ1n) is 5.43. The summed E-state index contributed by atoms with van der Waals surface area (Å²) in [6.45, 7) is 5.76. The predicted octanol–water partition coefficient (Wildman–Crippen LogP) is -0.961. The van der Waals surface area contributed by atoms with Gasteiger partial charge in [-0.2, -0.15) is 0 Å². The quantitative estimate of drug-likeness (QED) is 0.465. The molecule has 0 rings (SSSR count). The molecule has 7 nitrogen and oxygen atoms in total. The standard InChI is InChI=1S/C10H19N3O4/c1-4-13(7-10(16)17-5-2)6-9(15)12-11-8(3)14/h4-7H2,1-3H3,(H,11,14)(H,12,15). The molecule has 0 aromatic carbocycles. The molecule has 0 radical (unpaired) electrons. The molecule has 0 unspecified atom stereocenters. The van der Waals surface area contributed by atoms with Gasteiger partial charge in [0, 0.05) is 6.92 Å². The summed E-state index contributed by atoms with van der Waals surface area (Å²) >= 11 is 0. The molecule has 0 aliphatic rings. The van der Waals surface area contributed by atoms with Gasteiger partial charge < -0.3 is 4.74 Å². The molecular formula is C10H19N3O4. The van der Waals surface area contributed by atoms with Crippen LogP contribution in [-0.4, -0.2) is 48.9 Å². The molecule has 0 aromatic heterocycles. The van der Waals surface area contributed by atoms with E-state index in [-0.39, 0.29) is 30.9 Å². The summed E-state index contributed by atoms with van der Waals surface area (Å²) in [5.74, 6) is -1.11. The number of amides is 2. The van der Waals surface area contributed by atoms with Crippen LogP contribution < -0.4 is 10.9 Å². The number of nitrogens with zero attached hydrogens (tertiary/aromatic N) is 1. The third-order valence-corrected chi connectivity index (χ3v) is 1.85. The highest BCUT2D eigenvalue weighted by atomic mass is 16.5. The normalized spacial score (nSPS) is 9.88. The first-order chi connectivity index (χ1) is 7.99. The fourth-order valence-corrected chi connectivity index (χ4v) is 1.07. The number of nitrogens with one attached hydrogen (secondary N) is 2. The maximum atomic E-state index is 11.3. The Kier molecular flexibility index (Phi) is 7.70. The van der Waals surface area contributed by atoms with Crippen LogP contribution in [0, 0.1) is 0 Å². The van der Waals surface area contributed by atoms with E-state index >= 15 is 0 Å². The van der Waals surface area contributed by atoms with E-state index in [0.717, 1.165) is 0 Å². The third kappa shape index (κ3) is 8.21. The first-order valence-corrected chi connectivity index (χ1v) is 5.43. The molecule has 2 amide bonds. The van der Waals surface area contributed by atoms with E-state index < -0.39 is 0 Å². The average Bonchev–Trinajstić information content (AvgIpc) is 2.25. The number of hydrazine groups is 1. The molecule has 7 heteroatoms. The first kappa shape index (κ1) is 15.4. The van der Waals surface area contributed by atoms with E-state index in [0.29, 0.717) is 13.2 Å². The van der Waals surface area contributed by atoms with Crippen molar-refractivity contribution in [3.05, 3.63) is 0 Å². The highest BCUT2D eigenvalue weighted by Gasteiger charge is 2.13. The van der Waals surface area contributed by atoms with Gasteiger partial charge >= 0.3 is 5.97 Å². The molecule has 17 heavy (non-hydrogen) atoms. The third-order valence-electron chi connectivity index (χ3n) is 1.85. The number of carbonyl (C=O) groups excluding carboxylic acids is 3. The number of ether oxygens (including phenoxy) is 1. The van der Waals surface area contributed by atoms with Crippen LogP contribution in [0.15, 0.2) is 0 Å². The fraction of sp³-hybridized carbons (Fsp3) is 0.700. The summed E-state index contributed by atoms with van der Waals surface area (Å²) in [4.78, 5) is 34.7. The van der Waals surface area contributed by atoms with Gasteiger partial charge in [0.1, 0.15) is 0 Å². The summed E-state index contributed by atoms with van der Waals surface area (Å²) in [5, 5.41) is 0. The minimum atomic E-state index is -0.383. The number of carbonyl (C=O) groups is 3. The lowest BCUT2D eigenvalue weighted by atomic mass is 10.4. The van der Waals surface area contributed by atoms with Crippen LogP contribution >= 0.6 is 0 Å². The lowest BCUT2D eigenvalue weighted by Crippen LogP contribution is -2.46. The zero-order chi connectivity index (χ0) is 13.3. The van der Waals surface area contributed by atoms with E-state index in [1.165, 1.54) is 6.92 Å². The molecule has 2 N–H and O–H groups in total. The Hall–Kier alpha value is -1.63. The van der Waals surface area contributed by atoms with Crippen molar-refractivity contribution >= 4 is 17.8 Å². The Bertz CT molecular complexity index is 281. The van der Waals surface area contributed by atoms with Crippen LogP contribution in [0.25, 0.3) is 0 Å². The molecule has 0 saturated carbocycles. The van der Waals surface area contributed by atoms with Gasteiger partial charge in [0.2, 0.25) is 5.91 Å². The lowest BCUT2D eigenvalue weighted by molar-refractivity contribution is -0.144. The van der Waals surface area contributed by atoms with Gasteiger partial charge in [0.05, 0.1) is 19.7 Å². The zero-order valence-corrected chi connectivity index (χ0v) is 10.4. The molecule has 0 spiro atoms. The van der Waals surface area contributed by atoms with Crippen molar-refractivity contribution in [1.82, 2.24) is 15.8 Å². The minimum Gasteiger partial charge on any atom is -0.465 e. The largest absolute Gasteiger partial charge is 0.465 e. The summed E-state index contributed by atoms with van der Waals surface area (Å²) in [5.41, 5.74) is 4.39. The SMILES string of the molecule is CCOC(=O)CN(CC)CC(=O)NNC(C)=O. The van der Waals surface area contributed by atoms with Crippen LogP contribution in [0.5, 0.6) is 0 Å². The fourth-order valence-electron chi connectivity index (χ4n) is 1.07. The summed E-state index contributed by atoms with van der Waals surface area (Å²) in [7, 11) is 0. The maximum Gasteiger partial charge on any atom is 0.320 e. The molecule has 0 aliphatic carbocycles. The van der Waals surface area contributed by atoms with Crippen LogP contribution in [0.4, 0.5) is 0 Å². The average molecular weight is 245 g/mol. The van der Waals surface area contributed by atoms with E-state index in [1.54, 1.807) is 11.8 Å². The van der Waals surface area contributed by atoms with Crippen LogP contribution in [-0.2, 0) is 19.1 Å². The summed E-state index contributed by atoms with van der Waals surface area (Å²) in [6, 6.07) is 0. The Labute approximate surface area is 100 Å². The van der Waals surface area contributed by atoms with Crippen molar-refractivity contribution in [2.45, 2.75) is 20.8 Å². The van der Waals surface area contributed by atoms with Crippen molar-refractivity contribution in [2.75, 3.05) is 26.2 Å². The number of hydrogen-bond donors (Lipinski definition) is 2. The molecule has 0 aliphatic heterocycles. The van der Waals surface area contributed by atoms with Crippen molar-refractivity contribution in [3.63, 3.8) is 0 Å². The van der Waals surface area contributed by atoms with Crippen LogP contribution in [0.1, 0.15) is 20.8 Å². The maximum absolute atomic E-state index is 11.3. The molecule has 0 saturated heterocycles. The topological polar surface area (TPSA) is 87.7 Å². The van der Waals surface area contributed by atoms with E-state index in [1.807, 2.05) is 6.92 Å². The van der Waals surface area contributed by atoms with Gasteiger partial charge in [-0.1, -0.05) is 6.92 Å². The zero-order valence-electron chi connectivity index (χ0n) is 10.4. The second-order valence-electron chi connectivity index (χ2n) is 3.34. The van der Waals surface area contributed by atoms with Crippen molar-refractivity contribution in [2.24, 2.45) is 0 Å². The summed E-state index contributed by atoms with van der Waals surface area (Å²) < 4.78 is 4.77. The van der Waals surface area contributed by atoms with Gasteiger partial charge in [-0.3, -0.25) is 30.1 Å². The van der Waals surface area contributed by atoms with Gasteiger partial charge in [-0.15, -0.1) is 0 Å². The Morgan fingerprint density at radius 2 is 1.76 bits per heavy atom. The van der Waals surface area contributed by atoms with Gasteiger partial charge in [-0.05, 0) is 13.5 Å². The Balaban J connectivity index is 3.99. The van der Waals surface area contributed by atoms with Gasteiger partial charge in [0.25, 0.3) is 5.91 Å². The van der Waals surface area contributed by atoms with E-state index in [2.05, 4.69) is 10.9 Å². The number of likely N-dealkylation sites (N-methyl/N-ethyl adjacent to an activating group) is 1. The van der Waals surface area contributed by atoms with Crippen molar-refractivity contribution < 1.29 is 19.1 Å². The Morgan fingerprint density at radius 3 is 2.24 bits per heavy atom. The van der Waals surface area contributed by atoms with Gasteiger partial charge in [-0.25, -0.2) is 0 Å². The molecule has 0 bridgehead atoms. The Morgan fingerprint density at radius 1 is 1.12 bits per heavy atom. The molecule has 0 heterocycles. The highest BCUT2D eigenvalue weighted by molar-refractivity contribution is 5.82. The molecule has 0 atom stereocenters. The number of rotatable bonds is 6. The molecule has 98 valence electrons. The second kappa shape index (κ2) is 8.51. The van der Waals surface area contributed by atoms with Crippen molar-refractivity contribution in [1.29, 1.82) is 0 Å². The van der Waals surface area contributed by atoms with E-state index in [9.17, 15) is 14.4 Å². The lowest BCUT2D eigenvalue weighted by Gasteiger charge is -2.18. The number of esters is 1. The highest BCUT2D eigenvalue weighted by Crippen LogP contribution is 1.89. The van der Waals surface area contributed by atoms with Crippen molar-refractivity contribution in [3.8, 4) is 0 Å². The minimum absolute atomic E-state index is 0.0234. The monoisotopic (exact) mass is 245 g/mol. The number of hydrogen-bond acceptors (Lipinski definition) is 5. The molecule has 0 fully saturated rings. The van der Waals surface area contributed by atoms with Crippen LogP contribution in [0.2, 0.25) is 0 Å². The molecule has 0 aromatic rings. The van der Waals surface area contributed by atoms with Gasteiger partial charge in [0.15, 0.2) is 0 Å².